The van der Waals surface area contributed by atoms with Crippen molar-refractivity contribution >= 4 is 11.5 Å². The molecule has 8 heteroatoms. The molecule has 8 nitrogen and oxygen atoms in total. The molecule has 220 valence electrons. The van der Waals surface area contributed by atoms with E-state index in [1.54, 1.807) is 6.92 Å². The molecule has 0 saturated carbocycles. The molecule has 0 fully saturated rings. The lowest BCUT2D eigenvalue weighted by Crippen LogP contribution is -2.17. The second-order valence-corrected chi connectivity index (χ2v) is 10.4. The predicted octanol–water partition coefficient (Wildman–Crippen LogP) is 7.59. The number of anilines is 1. The minimum absolute atomic E-state index is 0.0623. The summed E-state index contributed by atoms with van der Waals surface area (Å²) in [5.74, 6) is 3.03. The average molecular weight is 585 g/mol. The number of hydrogen-bond donors (Lipinski definition) is 1. The molecule has 0 aliphatic carbocycles. The monoisotopic (exact) mass is 584 g/mol. The molecule has 0 amide bonds. The zero-order valence-electron chi connectivity index (χ0n) is 24.6. The van der Waals surface area contributed by atoms with Crippen molar-refractivity contribution < 1.29 is 18.4 Å². The van der Waals surface area contributed by atoms with Gasteiger partial charge in [-0.05, 0) is 48.9 Å². The number of carbonyl (C=O) groups excluding carboxylic acids is 1. The van der Waals surface area contributed by atoms with Crippen molar-refractivity contribution in [2.45, 2.75) is 32.7 Å². The maximum Gasteiger partial charge on any atom is 0.238 e. The van der Waals surface area contributed by atoms with Crippen LogP contribution in [-0.2, 0) is 12.8 Å². The first kappa shape index (κ1) is 28.6. The van der Waals surface area contributed by atoms with Crippen molar-refractivity contribution in [1.82, 2.24) is 15.2 Å². The molecule has 2 aromatic heterocycles. The van der Waals surface area contributed by atoms with Crippen LogP contribution in [0, 0.1) is 13.8 Å². The summed E-state index contributed by atoms with van der Waals surface area (Å²) in [6.45, 7) is 4.16. The van der Waals surface area contributed by atoms with E-state index in [1.165, 1.54) is 0 Å². The minimum atomic E-state index is -0.360. The van der Waals surface area contributed by atoms with Crippen LogP contribution in [0.25, 0.3) is 11.5 Å². The van der Waals surface area contributed by atoms with Crippen LogP contribution in [0.4, 0.5) is 5.69 Å². The molecule has 0 aliphatic heterocycles. The highest BCUT2D eigenvalue weighted by molar-refractivity contribution is 6.12. The largest absolute Gasteiger partial charge is 0.493 e. The Bertz CT molecular complexity index is 1830. The van der Waals surface area contributed by atoms with E-state index in [1.807, 2.05) is 116 Å². The summed E-state index contributed by atoms with van der Waals surface area (Å²) in [6, 6.07) is 34.2. The van der Waals surface area contributed by atoms with E-state index in [4.69, 9.17) is 13.6 Å². The average Bonchev–Trinajstić information content (AvgIpc) is 3.67. The Morgan fingerprint density at radius 2 is 1.52 bits per heavy atom. The van der Waals surface area contributed by atoms with Crippen LogP contribution < -0.4 is 10.1 Å². The van der Waals surface area contributed by atoms with Crippen LogP contribution in [0.2, 0.25) is 0 Å². The van der Waals surface area contributed by atoms with E-state index in [0.29, 0.717) is 53.9 Å². The van der Waals surface area contributed by atoms with Gasteiger partial charge in [0.1, 0.15) is 17.6 Å². The Morgan fingerprint density at radius 1 is 0.818 bits per heavy atom. The van der Waals surface area contributed by atoms with E-state index in [0.717, 1.165) is 28.3 Å². The van der Waals surface area contributed by atoms with Crippen molar-refractivity contribution in [2.24, 2.45) is 0 Å². The number of hydrogen-bond acceptors (Lipinski definition) is 8. The highest BCUT2D eigenvalue weighted by Crippen LogP contribution is 2.28. The smallest absolute Gasteiger partial charge is 0.238 e. The van der Waals surface area contributed by atoms with E-state index in [9.17, 15) is 4.79 Å². The molecule has 0 radical (unpaired) electrons. The number of benzene rings is 4. The number of oxazole rings is 1. The van der Waals surface area contributed by atoms with E-state index in [-0.39, 0.29) is 11.8 Å². The quantitative estimate of drug-likeness (QED) is 0.147. The summed E-state index contributed by atoms with van der Waals surface area (Å²) in [6.07, 6.45) is 1.18. The van der Waals surface area contributed by atoms with Gasteiger partial charge in [0.25, 0.3) is 0 Å². The summed E-state index contributed by atoms with van der Waals surface area (Å²) >= 11 is 0. The van der Waals surface area contributed by atoms with Crippen LogP contribution in [0.15, 0.2) is 118 Å². The molecular weight excluding hydrogens is 552 g/mol. The fourth-order valence-electron chi connectivity index (χ4n) is 4.98. The topological polar surface area (TPSA) is 103 Å². The summed E-state index contributed by atoms with van der Waals surface area (Å²) in [7, 11) is 0. The Balaban J connectivity index is 1.12. The predicted molar refractivity (Wildman–Crippen MR) is 168 cm³/mol. The van der Waals surface area contributed by atoms with Gasteiger partial charge >= 0.3 is 0 Å². The molecule has 0 saturated heterocycles. The van der Waals surface area contributed by atoms with Crippen molar-refractivity contribution in [3.05, 3.63) is 149 Å². The summed E-state index contributed by atoms with van der Waals surface area (Å²) < 4.78 is 17.7. The third kappa shape index (κ3) is 6.76. The van der Waals surface area contributed by atoms with Gasteiger partial charge in [-0.25, -0.2) is 4.98 Å². The van der Waals surface area contributed by atoms with Crippen LogP contribution in [0.3, 0.4) is 0 Å². The van der Waals surface area contributed by atoms with Gasteiger partial charge in [0, 0.05) is 42.1 Å². The first-order chi connectivity index (χ1) is 21.5. The molecule has 44 heavy (non-hydrogen) atoms. The number of nitrogens with zero attached hydrogens (tertiary/aromatic N) is 3. The van der Waals surface area contributed by atoms with Gasteiger partial charge in [0.05, 0.1) is 12.3 Å². The van der Waals surface area contributed by atoms with Crippen LogP contribution in [0.5, 0.6) is 5.75 Å². The first-order valence-corrected chi connectivity index (χ1v) is 14.5. The molecule has 0 aliphatic rings. The zero-order valence-corrected chi connectivity index (χ0v) is 24.6. The molecular formula is C36H32N4O4. The summed E-state index contributed by atoms with van der Waals surface area (Å²) in [5.41, 5.74) is 4.77. The summed E-state index contributed by atoms with van der Waals surface area (Å²) in [5, 5.41) is 11.8. The lowest BCUT2D eigenvalue weighted by atomic mass is 10.00. The van der Waals surface area contributed by atoms with Gasteiger partial charge in [-0.3, -0.25) is 4.79 Å². The van der Waals surface area contributed by atoms with Crippen molar-refractivity contribution in [1.29, 1.82) is 0 Å². The Hall–Kier alpha value is -5.50. The number of rotatable bonds is 12. The number of aromatic nitrogens is 3. The van der Waals surface area contributed by atoms with Crippen LogP contribution in [0.1, 0.15) is 50.8 Å². The van der Waals surface area contributed by atoms with Gasteiger partial charge in [-0.15, -0.1) is 10.2 Å². The summed E-state index contributed by atoms with van der Waals surface area (Å²) in [4.78, 5) is 18.0. The number of para-hydroxylation sites is 1. The Labute approximate surface area is 255 Å². The Kier molecular flexibility index (Phi) is 8.59. The van der Waals surface area contributed by atoms with E-state index < -0.39 is 0 Å². The highest BCUT2D eigenvalue weighted by atomic mass is 16.5. The number of ether oxygens (including phenoxy) is 1. The minimum Gasteiger partial charge on any atom is -0.493 e. The second-order valence-electron chi connectivity index (χ2n) is 10.4. The molecule has 4 aromatic carbocycles. The molecule has 0 unspecified atom stereocenters. The number of aryl methyl sites for hydroxylation is 2. The molecule has 1 N–H and O–H groups in total. The van der Waals surface area contributed by atoms with Gasteiger partial charge in [-0.1, -0.05) is 72.8 Å². The van der Waals surface area contributed by atoms with Crippen LogP contribution >= 0.6 is 0 Å². The maximum absolute atomic E-state index is 13.3. The zero-order chi connectivity index (χ0) is 30.3. The third-order valence-corrected chi connectivity index (χ3v) is 7.26. The molecule has 2 heterocycles. The first-order valence-electron chi connectivity index (χ1n) is 14.5. The van der Waals surface area contributed by atoms with Crippen molar-refractivity contribution in [2.75, 3.05) is 11.9 Å². The third-order valence-electron chi connectivity index (χ3n) is 7.26. The van der Waals surface area contributed by atoms with Gasteiger partial charge in [-0.2, -0.15) is 0 Å². The van der Waals surface area contributed by atoms with Gasteiger partial charge in [0.15, 0.2) is 5.78 Å². The molecule has 1 atom stereocenters. The normalized spacial score (nSPS) is 11.7. The maximum atomic E-state index is 13.3. The van der Waals surface area contributed by atoms with Gasteiger partial charge < -0.3 is 18.9 Å². The molecule has 0 bridgehead atoms. The fourth-order valence-corrected chi connectivity index (χ4v) is 4.98. The number of ketones is 1. The van der Waals surface area contributed by atoms with Crippen LogP contribution in [-0.4, -0.2) is 27.6 Å². The van der Waals surface area contributed by atoms with E-state index >= 15 is 0 Å². The Morgan fingerprint density at radius 3 is 2.25 bits per heavy atom. The molecule has 0 spiro atoms. The van der Waals surface area contributed by atoms with Gasteiger partial charge in [0.2, 0.25) is 17.7 Å². The number of carbonyl (C=O) groups is 1. The van der Waals surface area contributed by atoms with Crippen molar-refractivity contribution in [3.8, 4) is 17.2 Å². The molecule has 6 aromatic rings. The second kappa shape index (κ2) is 13.2. The molecule has 6 rings (SSSR count). The lowest BCUT2D eigenvalue weighted by molar-refractivity contribution is 0.103. The SMILES string of the molecule is Cc1nnc([C@H](Cc2ccc(OCCc3nc(-c4ccccc4)oc3C)cc2)Nc2ccccc2C(=O)c2ccccc2)o1. The van der Waals surface area contributed by atoms with E-state index in [2.05, 4.69) is 20.5 Å². The highest BCUT2D eigenvalue weighted by Gasteiger charge is 2.22. The lowest BCUT2D eigenvalue weighted by Gasteiger charge is -2.19. The van der Waals surface area contributed by atoms with Crippen molar-refractivity contribution in [3.63, 3.8) is 0 Å². The standard InChI is InChI=1S/C36H32N4O4/c1-24-31(38-35(43-24)28-13-7-4-8-14-28)21-22-42-29-19-17-26(18-20-29)23-33(36-40-39-25(2)44-36)37-32-16-10-9-15-30(32)34(41)27-11-5-3-6-12-27/h3-20,33,37H,21-23H2,1-2H3/t33-/m0/s1. The number of nitrogens with one attached hydrogen (secondary N) is 1. The fraction of sp³-hybridized carbons (Fsp3) is 0.167.